The molecule has 0 radical (unpaired) electrons. The van der Waals surface area contributed by atoms with E-state index in [1.165, 1.54) is 0 Å². The molecule has 0 spiro atoms. The molecule has 2 rings (SSSR count). The Balaban J connectivity index is 2.28. The number of nitrogens with one attached hydrogen (secondary N) is 1. The first-order valence-corrected chi connectivity index (χ1v) is 6.97. The maximum atomic E-state index is 12.3. The Morgan fingerprint density at radius 3 is 2.76 bits per heavy atom. The molecule has 0 unspecified atom stereocenters. The molecular weight excluding hydrogens is 264 g/mol. The van der Waals surface area contributed by atoms with Crippen LogP contribution in [0.1, 0.15) is 36.3 Å². The van der Waals surface area contributed by atoms with Crippen molar-refractivity contribution >= 4 is 5.91 Å². The van der Waals surface area contributed by atoms with Gasteiger partial charge < -0.3 is 5.32 Å². The second-order valence-electron chi connectivity index (χ2n) is 4.84. The summed E-state index contributed by atoms with van der Waals surface area (Å²) in [5.74, 6) is -0.184. The lowest BCUT2D eigenvalue weighted by molar-refractivity contribution is 0.0940. The number of para-hydroxylation sites is 1. The average molecular weight is 282 g/mol. The van der Waals surface area contributed by atoms with Crippen LogP contribution in [-0.2, 0) is 6.42 Å². The highest BCUT2D eigenvalue weighted by atomic mass is 16.1. The molecule has 0 bridgehead atoms. The van der Waals surface area contributed by atoms with Gasteiger partial charge in [-0.1, -0.05) is 25.1 Å². The van der Waals surface area contributed by atoms with E-state index < -0.39 is 0 Å². The highest BCUT2D eigenvalue weighted by Crippen LogP contribution is 2.15. The monoisotopic (exact) mass is 282 g/mol. The number of benzene rings is 1. The molecule has 5 nitrogen and oxygen atoms in total. The normalized spacial score (nSPS) is 11.7. The van der Waals surface area contributed by atoms with Gasteiger partial charge in [0.1, 0.15) is 0 Å². The van der Waals surface area contributed by atoms with Gasteiger partial charge in [-0.2, -0.15) is 10.4 Å². The fraction of sp³-hybridized carbons (Fsp3) is 0.312. The third-order valence-electron chi connectivity index (χ3n) is 3.22. The zero-order valence-electron chi connectivity index (χ0n) is 12.2. The third-order valence-corrected chi connectivity index (χ3v) is 3.22. The van der Waals surface area contributed by atoms with E-state index in [9.17, 15) is 4.79 Å². The van der Waals surface area contributed by atoms with Gasteiger partial charge in [0.25, 0.3) is 5.91 Å². The molecule has 0 aliphatic rings. The number of aromatic nitrogens is 2. The maximum absolute atomic E-state index is 12.3. The Bertz CT molecular complexity index is 655. The van der Waals surface area contributed by atoms with Crippen LogP contribution in [0.3, 0.4) is 0 Å². The smallest absolute Gasteiger partial charge is 0.255 e. The van der Waals surface area contributed by atoms with Crippen LogP contribution in [0.2, 0.25) is 0 Å². The van der Waals surface area contributed by atoms with E-state index in [1.807, 2.05) is 50.2 Å². The molecule has 1 aromatic carbocycles. The van der Waals surface area contributed by atoms with Crippen LogP contribution in [0.25, 0.3) is 5.69 Å². The molecule has 1 atom stereocenters. The largest absolute Gasteiger partial charge is 0.348 e. The minimum absolute atomic E-state index is 0.174. The second kappa shape index (κ2) is 6.71. The quantitative estimate of drug-likeness (QED) is 0.915. The summed E-state index contributed by atoms with van der Waals surface area (Å²) in [5.41, 5.74) is 2.35. The summed E-state index contributed by atoms with van der Waals surface area (Å²) in [6.07, 6.45) is 2.57. The molecular formula is C16H18N4O. The zero-order valence-corrected chi connectivity index (χ0v) is 12.2. The number of hydrogen-bond acceptors (Lipinski definition) is 3. The second-order valence-corrected chi connectivity index (χ2v) is 4.84. The number of hydrogen-bond donors (Lipinski definition) is 1. The molecule has 108 valence electrons. The number of carbonyl (C=O) groups is 1. The van der Waals surface area contributed by atoms with Gasteiger partial charge in [-0.3, -0.25) is 4.79 Å². The lowest BCUT2D eigenvalue weighted by Crippen LogP contribution is -2.32. The number of rotatable bonds is 5. The van der Waals surface area contributed by atoms with Crippen molar-refractivity contribution in [3.63, 3.8) is 0 Å². The average Bonchev–Trinajstić information content (AvgIpc) is 2.92. The highest BCUT2D eigenvalue weighted by molar-refractivity contribution is 5.95. The van der Waals surface area contributed by atoms with Gasteiger partial charge in [-0.25, -0.2) is 4.68 Å². The molecule has 1 N–H and O–H groups in total. The molecule has 2 aromatic rings. The van der Waals surface area contributed by atoms with Gasteiger partial charge in [-0.05, 0) is 25.5 Å². The summed E-state index contributed by atoms with van der Waals surface area (Å²) in [6.45, 7) is 3.81. The van der Waals surface area contributed by atoms with Gasteiger partial charge in [0, 0.05) is 6.04 Å². The molecule has 1 aromatic heterocycles. The Morgan fingerprint density at radius 1 is 1.43 bits per heavy atom. The van der Waals surface area contributed by atoms with Crippen LogP contribution < -0.4 is 5.32 Å². The van der Waals surface area contributed by atoms with E-state index >= 15 is 0 Å². The number of carbonyl (C=O) groups excluding carboxylic acids is 1. The third kappa shape index (κ3) is 3.29. The van der Waals surface area contributed by atoms with Crippen molar-refractivity contribution in [2.45, 2.75) is 32.7 Å². The number of amides is 1. The van der Waals surface area contributed by atoms with Crippen LogP contribution in [0, 0.1) is 11.3 Å². The minimum atomic E-state index is -0.184. The van der Waals surface area contributed by atoms with Crippen molar-refractivity contribution in [1.82, 2.24) is 15.1 Å². The number of nitriles is 1. The standard InChI is InChI=1S/C16H18N4O/c1-3-15-14(16(21)19-12(2)9-10-17)11-18-20(15)13-7-5-4-6-8-13/h4-8,11-12H,3,9H2,1-2H3,(H,19,21)/t12-/m0/s1. The van der Waals surface area contributed by atoms with E-state index in [0.29, 0.717) is 18.4 Å². The Labute approximate surface area is 124 Å². The molecule has 21 heavy (non-hydrogen) atoms. The van der Waals surface area contributed by atoms with Gasteiger partial charge >= 0.3 is 0 Å². The summed E-state index contributed by atoms with van der Waals surface area (Å²) in [6, 6.07) is 11.6. The first-order chi connectivity index (χ1) is 10.2. The van der Waals surface area contributed by atoms with Crippen molar-refractivity contribution in [2.24, 2.45) is 0 Å². The molecule has 1 heterocycles. The van der Waals surface area contributed by atoms with E-state index in [-0.39, 0.29) is 11.9 Å². The lowest BCUT2D eigenvalue weighted by atomic mass is 10.1. The van der Waals surface area contributed by atoms with Crippen LogP contribution in [0.5, 0.6) is 0 Å². The van der Waals surface area contributed by atoms with E-state index in [2.05, 4.69) is 10.4 Å². The fourth-order valence-corrected chi connectivity index (χ4v) is 2.18. The van der Waals surface area contributed by atoms with E-state index in [0.717, 1.165) is 11.4 Å². The molecule has 0 aliphatic carbocycles. The number of nitrogens with zero attached hydrogens (tertiary/aromatic N) is 3. The van der Waals surface area contributed by atoms with Gasteiger partial charge in [0.2, 0.25) is 0 Å². The van der Waals surface area contributed by atoms with Gasteiger partial charge in [0.15, 0.2) is 0 Å². The van der Waals surface area contributed by atoms with Crippen LogP contribution in [0.4, 0.5) is 0 Å². The molecule has 0 saturated carbocycles. The van der Waals surface area contributed by atoms with E-state index in [4.69, 9.17) is 5.26 Å². The Morgan fingerprint density at radius 2 is 2.14 bits per heavy atom. The minimum Gasteiger partial charge on any atom is -0.348 e. The van der Waals surface area contributed by atoms with E-state index in [1.54, 1.807) is 10.9 Å². The SMILES string of the molecule is CCc1c(C(=O)N[C@@H](C)CC#N)cnn1-c1ccccc1. The van der Waals surface area contributed by atoms with Crippen LogP contribution in [0.15, 0.2) is 36.5 Å². The van der Waals surface area contributed by atoms with Gasteiger partial charge in [0.05, 0.1) is 35.6 Å². The lowest BCUT2D eigenvalue weighted by Gasteiger charge is -2.11. The van der Waals surface area contributed by atoms with Crippen molar-refractivity contribution in [1.29, 1.82) is 5.26 Å². The Hall–Kier alpha value is -2.61. The summed E-state index contributed by atoms with van der Waals surface area (Å²) >= 11 is 0. The van der Waals surface area contributed by atoms with Crippen molar-refractivity contribution in [2.75, 3.05) is 0 Å². The van der Waals surface area contributed by atoms with Crippen molar-refractivity contribution in [3.8, 4) is 11.8 Å². The summed E-state index contributed by atoms with van der Waals surface area (Å²) < 4.78 is 1.78. The van der Waals surface area contributed by atoms with Crippen molar-refractivity contribution in [3.05, 3.63) is 47.8 Å². The zero-order chi connectivity index (χ0) is 15.2. The van der Waals surface area contributed by atoms with Crippen LogP contribution in [-0.4, -0.2) is 21.7 Å². The fourth-order valence-electron chi connectivity index (χ4n) is 2.18. The first-order valence-electron chi connectivity index (χ1n) is 6.97. The molecule has 0 aliphatic heterocycles. The maximum Gasteiger partial charge on any atom is 0.255 e. The predicted octanol–water partition coefficient (Wildman–Crippen LogP) is 2.47. The Kier molecular flexibility index (Phi) is 4.72. The molecule has 1 amide bonds. The molecule has 0 saturated heterocycles. The van der Waals surface area contributed by atoms with Crippen LogP contribution >= 0.6 is 0 Å². The molecule has 0 fully saturated rings. The first kappa shape index (κ1) is 14.8. The molecule has 5 heteroatoms. The highest BCUT2D eigenvalue weighted by Gasteiger charge is 2.18. The summed E-state index contributed by atoms with van der Waals surface area (Å²) in [5, 5.41) is 15.8. The van der Waals surface area contributed by atoms with Crippen molar-refractivity contribution < 1.29 is 4.79 Å². The van der Waals surface area contributed by atoms with Gasteiger partial charge in [-0.15, -0.1) is 0 Å². The topological polar surface area (TPSA) is 70.7 Å². The predicted molar refractivity (Wildman–Crippen MR) is 80.1 cm³/mol. The summed E-state index contributed by atoms with van der Waals surface area (Å²) in [7, 11) is 0. The summed E-state index contributed by atoms with van der Waals surface area (Å²) in [4.78, 5) is 12.3.